The van der Waals surface area contributed by atoms with E-state index >= 15 is 0 Å². The first-order valence-corrected chi connectivity index (χ1v) is 5.06. The Morgan fingerprint density at radius 3 is 2.31 bits per heavy atom. The van der Waals surface area contributed by atoms with Crippen LogP contribution in [0.5, 0.6) is 0 Å². The Labute approximate surface area is 94.4 Å². The SMILES string of the molecule is COC(=O)CCC(=O)c1ccc(CN)cc1. The zero-order valence-electron chi connectivity index (χ0n) is 9.23. The third-order valence-corrected chi connectivity index (χ3v) is 2.30. The van der Waals surface area contributed by atoms with Crippen molar-refractivity contribution in [2.45, 2.75) is 19.4 Å². The Hall–Kier alpha value is -1.68. The molecule has 1 rings (SSSR count). The van der Waals surface area contributed by atoms with Crippen LogP contribution in [0, 0.1) is 0 Å². The molecule has 0 radical (unpaired) electrons. The lowest BCUT2D eigenvalue weighted by atomic mass is 10.0. The lowest BCUT2D eigenvalue weighted by Crippen LogP contribution is -2.06. The molecular weight excluding hydrogens is 206 g/mol. The first-order chi connectivity index (χ1) is 7.67. The van der Waals surface area contributed by atoms with Gasteiger partial charge in [0.2, 0.25) is 0 Å². The number of Topliss-reactive ketones (excluding diaryl/α,β-unsaturated/α-hetero) is 1. The Morgan fingerprint density at radius 2 is 1.81 bits per heavy atom. The number of carbonyl (C=O) groups is 2. The number of nitrogens with two attached hydrogens (primary N) is 1. The monoisotopic (exact) mass is 221 g/mol. The van der Waals surface area contributed by atoms with Crippen molar-refractivity contribution in [2.75, 3.05) is 7.11 Å². The van der Waals surface area contributed by atoms with E-state index in [2.05, 4.69) is 4.74 Å². The highest BCUT2D eigenvalue weighted by molar-refractivity contribution is 5.97. The maximum absolute atomic E-state index is 11.6. The van der Waals surface area contributed by atoms with Crippen molar-refractivity contribution in [3.63, 3.8) is 0 Å². The van der Waals surface area contributed by atoms with Crippen molar-refractivity contribution in [1.29, 1.82) is 0 Å². The molecule has 0 heterocycles. The molecule has 1 aromatic rings. The molecule has 0 aromatic heterocycles. The van der Waals surface area contributed by atoms with Crippen molar-refractivity contribution < 1.29 is 14.3 Å². The summed E-state index contributed by atoms with van der Waals surface area (Å²) >= 11 is 0. The van der Waals surface area contributed by atoms with Crippen molar-refractivity contribution in [1.82, 2.24) is 0 Å². The molecule has 0 unspecified atom stereocenters. The van der Waals surface area contributed by atoms with E-state index in [4.69, 9.17) is 5.73 Å². The molecule has 1 aromatic carbocycles. The predicted octanol–water partition coefficient (Wildman–Crippen LogP) is 1.28. The third kappa shape index (κ3) is 3.47. The van der Waals surface area contributed by atoms with Gasteiger partial charge in [0.25, 0.3) is 0 Å². The standard InChI is InChI=1S/C12H15NO3/c1-16-12(15)7-6-11(14)10-4-2-9(8-13)3-5-10/h2-5H,6-8,13H2,1H3. The lowest BCUT2D eigenvalue weighted by Gasteiger charge is -2.01. The molecule has 4 nitrogen and oxygen atoms in total. The fourth-order valence-electron chi connectivity index (χ4n) is 1.29. The number of hydrogen-bond acceptors (Lipinski definition) is 4. The van der Waals surface area contributed by atoms with Crippen LogP contribution in [0.25, 0.3) is 0 Å². The quantitative estimate of drug-likeness (QED) is 0.600. The summed E-state index contributed by atoms with van der Waals surface area (Å²) < 4.78 is 4.47. The van der Waals surface area contributed by atoms with E-state index in [0.29, 0.717) is 12.1 Å². The minimum absolute atomic E-state index is 0.0611. The van der Waals surface area contributed by atoms with Crippen LogP contribution in [0.4, 0.5) is 0 Å². The summed E-state index contributed by atoms with van der Waals surface area (Å²) in [4.78, 5) is 22.5. The van der Waals surface area contributed by atoms with Crippen molar-refractivity contribution in [3.05, 3.63) is 35.4 Å². The molecule has 0 fully saturated rings. The van der Waals surface area contributed by atoms with Crippen LogP contribution >= 0.6 is 0 Å². The summed E-state index contributed by atoms with van der Waals surface area (Å²) in [6.07, 6.45) is 0.294. The van der Waals surface area contributed by atoms with E-state index in [1.54, 1.807) is 12.1 Å². The average molecular weight is 221 g/mol. The summed E-state index contributed by atoms with van der Waals surface area (Å²) in [6.45, 7) is 0.455. The van der Waals surface area contributed by atoms with E-state index in [1.165, 1.54) is 7.11 Å². The Kier molecular flexibility index (Phi) is 4.66. The van der Waals surface area contributed by atoms with Crippen molar-refractivity contribution >= 4 is 11.8 Å². The number of carbonyl (C=O) groups excluding carboxylic acids is 2. The van der Waals surface area contributed by atoms with Crippen LogP contribution in [0.2, 0.25) is 0 Å². The second-order valence-electron chi connectivity index (χ2n) is 3.40. The highest BCUT2D eigenvalue weighted by atomic mass is 16.5. The van der Waals surface area contributed by atoms with E-state index in [9.17, 15) is 9.59 Å². The van der Waals surface area contributed by atoms with Crippen molar-refractivity contribution in [3.8, 4) is 0 Å². The number of ketones is 1. The average Bonchev–Trinajstić information content (AvgIpc) is 2.35. The second-order valence-corrected chi connectivity index (χ2v) is 3.40. The summed E-state index contributed by atoms with van der Waals surface area (Å²) in [6, 6.07) is 7.07. The minimum Gasteiger partial charge on any atom is -0.469 e. The second kappa shape index (κ2) is 6.02. The van der Waals surface area contributed by atoms with E-state index in [0.717, 1.165) is 5.56 Å². The van der Waals surface area contributed by atoms with Crippen LogP contribution in [0.3, 0.4) is 0 Å². The zero-order chi connectivity index (χ0) is 12.0. The summed E-state index contributed by atoms with van der Waals surface area (Å²) in [5.41, 5.74) is 7.02. The number of esters is 1. The van der Waals surface area contributed by atoms with Gasteiger partial charge in [0, 0.05) is 18.5 Å². The summed E-state index contributed by atoms with van der Waals surface area (Å²) in [5, 5.41) is 0. The third-order valence-electron chi connectivity index (χ3n) is 2.30. The molecule has 16 heavy (non-hydrogen) atoms. The molecule has 0 saturated heterocycles. The smallest absolute Gasteiger partial charge is 0.305 e. The molecule has 0 aliphatic heterocycles. The summed E-state index contributed by atoms with van der Waals surface area (Å²) in [7, 11) is 1.31. The highest BCUT2D eigenvalue weighted by Gasteiger charge is 2.08. The fraction of sp³-hybridized carbons (Fsp3) is 0.333. The van der Waals surface area contributed by atoms with Gasteiger partial charge in [0.15, 0.2) is 5.78 Å². The van der Waals surface area contributed by atoms with Crippen LogP contribution in [-0.4, -0.2) is 18.9 Å². The largest absolute Gasteiger partial charge is 0.469 e. The first-order valence-electron chi connectivity index (χ1n) is 5.06. The van der Waals surface area contributed by atoms with Gasteiger partial charge in [0.05, 0.1) is 13.5 Å². The van der Waals surface area contributed by atoms with Gasteiger partial charge in [0.1, 0.15) is 0 Å². The van der Waals surface area contributed by atoms with Gasteiger partial charge in [-0.3, -0.25) is 9.59 Å². The van der Waals surface area contributed by atoms with E-state index < -0.39 is 0 Å². The topological polar surface area (TPSA) is 69.4 Å². The molecule has 2 N–H and O–H groups in total. The van der Waals surface area contributed by atoms with Crippen molar-refractivity contribution in [2.24, 2.45) is 5.73 Å². The summed E-state index contributed by atoms with van der Waals surface area (Å²) in [5.74, 6) is -0.430. The fourth-order valence-corrected chi connectivity index (χ4v) is 1.29. The first kappa shape index (κ1) is 12.4. The van der Waals surface area contributed by atoms with Crippen LogP contribution < -0.4 is 5.73 Å². The van der Waals surface area contributed by atoms with Gasteiger partial charge in [-0.15, -0.1) is 0 Å². The molecule has 86 valence electrons. The van der Waals surface area contributed by atoms with Gasteiger partial charge in [-0.25, -0.2) is 0 Å². The van der Waals surface area contributed by atoms with Crippen LogP contribution in [0.15, 0.2) is 24.3 Å². The van der Waals surface area contributed by atoms with Gasteiger partial charge in [-0.2, -0.15) is 0 Å². The normalized spacial score (nSPS) is 9.88. The number of ether oxygens (including phenoxy) is 1. The highest BCUT2D eigenvalue weighted by Crippen LogP contribution is 2.08. The van der Waals surface area contributed by atoms with E-state index in [1.807, 2.05) is 12.1 Å². The number of hydrogen-bond donors (Lipinski definition) is 1. The van der Waals surface area contributed by atoms with E-state index in [-0.39, 0.29) is 24.6 Å². The molecule has 0 atom stereocenters. The molecule has 4 heteroatoms. The Bertz CT molecular complexity index is 370. The molecule has 0 amide bonds. The molecule has 0 bridgehead atoms. The van der Waals surface area contributed by atoms with Gasteiger partial charge in [-0.05, 0) is 5.56 Å². The van der Waals surface area contributed by atoms with Gasteiger partial charge >= 0.3 is 5.97 Å². The number of rotatable bonds is 5. The molecule has 0 saturated carbocycles. The zero-order valence-corrected chi connectivity index (χ0v) is 9.23. The van der Waals surface area contributed by atoms with Crippen LogP contribution in [-0.2, 0) is 16.1 Å². The molecular formula is C12H15NO3. The molecule has 0 aliphatic carbocycles. The van der Waals surface area contributed by atoms with Gasteiger partial charge < -0.3 is 10.5 Å². The maximum Gasteiger partial charge on any atom is 0.305 e. The Balaban J connectivity index is 2.56. The Morgan fingerprint density at radius 1 is 1.19 bits per heavy atom. The number of benzene rings is 1. The maximum atomic E-state index is 11.6. The predicted molar refractivity (Wildman–Crippen MR) is 59.9 cm³/mol. The molecule has 0 spiro atoms. The molecule has 0 aliphatic rings. The van der Waals surface area contributed by atoms with Crippen LogP contribution in [0.1, 0.15) is 28.8 Å². The number of methoxy groups -OCH3 is 1. The van der Waals surface area contributed by atoms with Gasteiger partial charge in [-0.1, -0.05) is 24.3 Å². The lowest BCUT2D eigenvalue weighted by molar-refractivity contribution is -0.140. The minimum atomic E-state index is -0.369.